The van der Waals surface area contributed by atoms with Crippen LogP contribution in [0.5, 0.6) is 0 Å². The molecule has 0 saturated carbocycles. The van der Waals surface area contributed by atoms with Crippen molar-refractivity contribution in [3.05, 3.63) is 70.4 Å². The number of anilines is 1. The van der Waals surface area contributed by atoms with Gasteiger partial charge in [0.2, 0.25) is 5.12 Å². The highest BCUT2D eigenvalue weighted by molar-refractivity contribution is 8.45. The number of hydrogen-bond donors (Lipinski definition) is 0. The fourth-order valence-electron chi connectivity index (χ4n) is 2.73. The molecule has 1 heterocycles. The first-order valence-corrected chi connectivity index (χ1v) is 11.0. The molecule has 0 unspecified atom stereocenters. The lowest BCUT2D eigenvalue weighted by atomic mass is 10.1. The second-order valence-electron chi connectivity index (χ2n) is 5.94. The number of nitrogens with zero attached hydrogens (tertiary/aromatic N) is 2. The Labute approximate surface area is 173 Å². The number of thioether (sulfide) groups is 2. The van der Waals surface area contributed by atoms with E-state index < -0.39 is 0 Å². The van der Waals surface area contributed by atoms with E-state index in [9.17, 15) is 4.79 Å². The van der Waals surface area contributed by atoms with E-state index in [0.29, 0.717) is 11.4 Å². The number of hydrogen-bond acceptors (Lipinski definition) is 5. The summed E-state index contributed by atoms with van der Waals surface area (Å²) in [6.45, 7) is 6.24. The van der Waals surface area contributed by atoms with Gasteiger partial charge in [-0.05, 0) is 61.0 Å². The smallest absolute Gasteiger partial charge is 0.244 e. The maximum absolute atomic E-state index is 12.3. The first-order valence-electron chi connectivity index (χ1n) is 8.84. The third kappa shape index (κ3) is 5.18. The normalized spacial score (nSPS) is 15.3. The van der Waals surface area contributed by atoms with Crippen molar-refractivity contribution in [3.8, 4) is 0 Å². The Morgan fingerprint density at radius 2 is 1.81 bits per heavy atom. The Hall–Kier alpha value is -1.69. The summed E-state index contributed by atoms with van der Waals surface area (Å²) in [4.78, 5) is 19.1. The van der Waals surface area contributed by atoms with Crippen molar-refractivity contribution < 1.29 is 4.79 Å². The zero-order valence-corrected chi connectivity index (χ0v) is 17.7. The lowest BCUT2D eigenvalue weighted by Gasteiger charge is -2.20. The number of aliphatic imine (C=N–C) groups is 1. The van der Waals surface area contributed by atoms with Gasteiger partial charge >= 0.3 is 0 Å². The fraction of sp³-hybridized carbons (Fsp3) is 0.238. The number of carbonyl (C=O) groups is 1. The molecule has 0 N–H and O–H groups in total. The van der Waals surface area contributed by atoms with Gasteiger partial charge in [-0.3, -0.25) is 4.79 Å². The van der Waals surface area contributed by atoms with Gasteiger partial charge in [0.1, 0.15) is 10.1 Å². The van der Waals surface area contributed by atoms with E-state index in [1.165, 1.54) is 17.4 Å². The van der Waals surface area contributed by atoms with Crippen LogP contribution in [0, 0.1) is 0 Å². The van der Waals surface area contributed by atoms with Gasteiger partial charge in [0, 0.05) is 29.6 Å². The van der Waals surface area contributed by atoms with E-state index in [-0.39, 0.29) is 5.12 Å². The molecule has 2 aromatic rings. The predicted octanol–water partition coefficient (Wildman–Crippen LogP) is 6.09. The average molecular weight is 417 g/mol. The molecule has 0 bridgehead atoms. The maximum atomic E-state index is 12.3. The van der Waals surface area contributed by atoms with Gasteiger partial charge in [0.25, 0.3) is 0 Å². The summed E-state index contributed by atoms with van der Waals surface area (Å²) in [6, 6.07) is 16.0. The Morgan fingerprint density at radius 1 is 1.11 bits per heavy atom. The first kappa shape index (κ1) is 20.1. The summed E-state index contributed by atoms with van der Waals surface area (Å²) in [5.41, 5.74) is 3.71. The second kappa shape index (κ2) is 9.49. The third-order valence-corrected chi connectivity index (χ3v) is 6.66. The molecule has 0 fully saturated rings. The van der Waals surface area contributed by atoms with Crippen LogP contribution in [0.4, 0.5) is 5.69 Å². The molecule has 1 aliphatic heterocycles. The van der Waals surface area contributed by atoms with Gasteiger partial charge in [-0.15, -0.1) is 0 Å². The van der Waals surface area contributed by atoms with Crippen molar-refractivity contribution in [2.24, 2.45) is 4.99 Å². The summed E-state index contributed by atoms with van der Waals surface area (Å²) in [5, 5.41) is 0.730. The number of halogens is 1. The van der Waals surface area contributed by atoms with Crippen LogP contribution in [0.15, 0.2) is 59.2 Å². The number of benzene rings is 2. The monoisotopic (exact) mass is 416 g/mol. The molecule has 27 heavy (non-hydrogen) atoms. The molecule has 0 radical (unpaired) electrons. The average Bonchev–Trinajstić information content (AvgIpc) is 3.03. The van der Waals surface area contributed by atoms with Gasteiger partial charge in [-0.2, -0.15) is 0 Å². The Balaban J connectivity index is 1.69. The molecule has 1 aliphatic rings. The minimum absolute atomic E-state index is 0.00974. The van der Waals surface area contributed by atoms with Crippen LogP contribution >= 0.6 is 35.1 Å². The summed E-state index contributed by atoms with van der Waals surface area (Å²) in [6.07, 6.45) is 1.85. The molecule has 0 aliphatic carbocycles. The van der Waals surface area contributed by atoms with Gasteiger partial charge in [-0.1, -0.05) is 53.7 Å². The topological polar surface area (TPSA) is 32.7 Å². The lowest BCUT2D eigenvalue weighted by Crippen LogP contribution is -2.21. The minimum Gasteiger partial charge on any atom is -0.372 e. The van der Waals surface area contributed by atoms with Gasteiger partial charge in [0.15, 0.2) is 0 Å². The molecule has 3 rings (SSSR count). The van der Waals surface area contributed by atoms with Crippen LogP contribution in [0.2, 0.25) is 5.02 Å². The van der Waals surface area contributed by atoms with Crippen LogP contribution in [0.1, 0.15) is 25.0 Å². The minimum atomic E-state index is -0.00974. The molecule has 6 heteroatoms. The predicted molar refractivity (Wildman–Crippen MR) is 121 cm³/mol. The zero-order chi connectivity index (χ0) is 19.2. The summed E-state index contributed by atoms with van der Waals surface area (Å²) < 4.78 is 0.769. The third-order valence-electron chi connectivity index (χ3n) is 4.23. The van der Waals surface area contributed by atoms with E-state index in [4.69, 9.17) is 11.6 Å². The number of carbonyl (C=O) groups excluding carboxylic acids is 1. The molecular formula is C21H21ClN2OS2. The molecule has 0 saturated heterocycles. The number of rotatable bonds is 6. The van der Waals surface area contributed by atoms with E-state index in [1.54, 1.807) is 11.8 Å². The SMILES string of the molecule is CCN(CC)c1ccc(C=C2N=C(SCc3ccccc3Cl)SC2=O)cc1. The quantitative estimate of drug-likeness (QED) is 0.533. The maximum Gasteiger partial charge on any atom is 0.244 e. The molecule has 0 amide bonds. The van der Waals surface area contributed by atoms with Crippen molar-refractivity contribution >= 4 is 56.4 Å². The standard InChI is InChI=1S/C21H21ClN2OS2/c1-3-24(4-2)17-11-9-15(10-12-17)13-19-20(25)27-21(23-19)26-14-16-7-5-6-8-18(16)22/h5-13H,3-4,14H2,1-2H3. The second-order valence-corrected chi connectivity index (χ2v) is 8.53. The largest absolute Gasteiger partial charge is 0.372 e. The molecule has 0 aromatic heterocycles. The van der Waals surface area contributed by atoms with Crippen molar-refractivity contribution in [1.29, 1.82) is 0 Å². The van der Waals surface area contributed by atoms with E-state index in [2.05, 4.69) is 35.9 Å². The van der Waals surface area contributed by atoms with Crippen molar-refractivity contribution in [2.75, 3.05) is 18.0 Å². The highest BCUT2D eigenvalue weighted by Crippen LogP contribution is 2.33. The van der Waals surface area contributed by atoms with Crippen molar-refractivity contribution in [3.63, 3.8) is 0 Å². The summed E-state index contributed by atoms with van der Waals surface area (Å²) in [7, 11) is 0. The summed E-state index contributed by atoms with van der Waals surface area (Å²) >= 11 is 8.92. The highest BCUT2D eigenvalue weighted by Gasteiger charge is 2.22. The molecule has 0 atom stereocenters. The molecule has 2 aromatic carbocycles. The lowest BCUT2D eigenvalue weighted by molar-refractivity contribution is -0.107. The van der Waals surface area contributed by atoms with Crippen LogP contribution in [-0.4, -0.2) is 22.6 Å². The fourth-order valence-corrected chi connectivity index (χ4v) is 4.86. The van der Waals surface area contributed by atoms with Gasteiger partial charge < -0.3 is 4.90 Å². The Bertz CT molecular complexity index is 874. The van der Waals surface area contributed by atoms with Gasteiger partial charge in [-0.25, -0.2) is 4.99 Å². The van der Waals surface area contributed by atoms with Crippen molar-refractivity contribution in [1.82, 2.24) is 0 Å². The molecule has 140 valence electrons. The van der Waals surface area contributed by atoms with Crippen LogP contribution in [0.25, 0.3) is 6.08 Å². The highest BCUT2D eigenvalue weighted by atomic mass is 35.5. The van der Waals surface area contributed by atoms with E-state index >= 15 is 0 Å². The van der Waals surface area contributed by atoms with Crippen LogP contribution in [0.3, 0.4) is 0 Å². The molecule has 3 nitrogen and oxygen atoms in total. The van der Waals surface area contributed by atoms with E-state index in [0.717, 1.165) is 33.6 Å². The van der Waals surface area contributed by atoms with E-state index in [1.807, 2.05) is 42.5 Å². The van der Waals surface area contributed by atoms with Crippen molar-refractivity contribution in [2.45, 2.75) is 19.6 Å². The molecule has 0 spiro atoms. The summed E-state index contributed by atoms with van der Waals surface area (Å²) in [5.74, 6) is 0.699. The Kier molecular flexibility index (Phi) is 7.05. The van der Waals surface area contributed by atoms with Crippen LogP contribution in [-0.2, 0) is 10.5 Å². The molecular weight excluding hydrogens is 396 g/mol. The van der Waals surface area contributed by atoms with Gasteiger partial charge in [0.05, 0.1) is 0 Å². The Morgan fingerprint density at radius 3 is 2.48 bits per heavy atom. The zero-order valence-electron chi connectivity index (χ0n) is 15.3. The van der Waals surface area contributed by atoms with Crippen LogP contribution < -0.4 is 4.90 Å². The first-order chi connectivity index (χ1) is 13.1.